The van der Waals surface area contributed by atoms with E-state index < -0.39 is 0 Å². The summed E-state index contributed by atoms with van der Waals surface area (Å²) >= 11 is 0. The van der Waals surface area contributed by atoms with Gasteiger partial charge in [0.05, 0.1) is 20.3 Å². The molecule has 0 amide bonds. The van der Waals surface area contributed by atoms with Crippen molar-refractivity contribution in [3.63, 3.8) is 0 Å². The van der Waals surface area contributed by atoms with Crippen molar-refractivity contribution in [3.05, 3.63) is 59.7 Å². The average molecular weight is 352 g/mol. The third-order valence-electron chi connectivity index (χ3n) is 5.91. The molecule has 2 unspecified atom stereocenters. The van der Waals surface area contributed by atoms with Gasteiger partial charge in [-0.1, -0.05) is 30.3 Å². The Hall–Kier alpha value is -2.04. The number of methoxy groups -OCH3 is 2. The summed E-state index contributed by atoms with van der Waals surface area (Å²) in [5.41, 5.74) is 2.63. The van der Waals surface area contributed by atoms with Crippen LogP contribution in [0.4, 0.5) is 0 Å². The molecular formula is C22H28N2O2. The molecule has 2 aromatic rings. The maximum absolute atomic E-state index is 5.41. The van der Waals surface area contributed by atoms with Crippen LogP contribution in [-0.4, -0.2) is 38.3 Å². The molecule has 0 saturated carbocycles. The summed E-state index contributed by atoms with van der Waals surface area (Å²) in [5, 5.41) is 3.87. The molecule has 3 saturated heterocycles. The average Bonchev–Trinajstić information content (AvgIpc) is 2.73. The van der Waals surface area contributed by atoms with Gasteiger partial charge in [-0.3, -0.25) is 4.90 Å². The molecule has 4 heteroatoms. The van der Waals surface area contributed by atoms with E-state index in [4.69, 9.17) is 9.47 Å². The van der Waals surface area contributed by atoms with Gasteiger partial charge in [0, 0.05) is 18.7 Å². The normalized spacial score (nSPS) is 27.3. The van der Waals surface area contributed by atoms with Gasteiger partial charge >= 0.3 is 0 Å². The lowest BCUT2D eigenvalue weighted by atomic mass is 9.76. The Morgan fingerprint density at radius 2 is 1.62 bits per heavy atom. The third kappa shape index (κ3) is 3.44. The van der Waals surface area contributed by atoms with E-state index in [2.05, 4.69) is 52.7 Å². The Morgan fingerprint density at radius 3 is 2.23 bits per heavy atom. The fourth-order valence-electron chi connectivity index (χ4n) is 4.59. The van der Waals surface area contributed by atoms with Crippen LogP contribution < -0.4 is 14.8 Å². The van der Waals surface area contributed by atoms with E-state index in [1.54, 1.807) is 14.2 Å². The Bertz CT molecular complexity index is 704. The topological polar surface area (TPSA) is 33.7 Å². The Balaban J connectivity index is 1.54. The van der Waals surface area contributed by atoms with Gasteiger partial charge in [-0.15, -0.1) is 0 Å². The molecule has 3 fully saturated rings. The van der Waals surface area contributed by atoms with Crippen LogP contribution in [0.15, 0.2) is 48.5 Å². The number of nitrogens with zero attached hydrogens (tertiary/aromatic N) is 1. The first-order valence-corrected chi connectivity index (χ1v) is 9.53. The van der Waals surface area contributed by atoms with Gasteiger partial charge in [0.25, 0.3) is 0 Å². The van der Waals surface area contributed by atoms with Crippen LogP contribution >= 0.6 is 0 Å². The zero-order chi connectivity index (χ0) is 17.9. The van der Waals surface area contributed by atoms with Crippen LogP contribution in [0.5, 0.6) is 11.5 Å². The van der Waals surface area contributed by atoms with Crippen molar-refractivity contribution in [1.82, 2.24) is 10.2 Å². The minimum atomic E-state index is 0.469. The van der Waals surface area contributed by atoms with Crippen LogP contribution in [0.25, 0.3) is 0 Å². The zero-order valence-corrected chi connectivity index (χ0v) is 15.7. The van der Waals surface area contributed by atoms with Gasteiger partial charge < -0.3 is 14.8 Å². The number of nitrogens with one attached hydrogen (secondary N) is 1. The lowest BCUT2D eigenvalue weighted by Crippen LogP contribution is -2.57. The van der Waals surface area contributed by atoms with Gasteiger partial charge in [-0.25, -0.2) is 0 Å². The molecule has 3 aliphatic rings. The molecule has 2 atom stereocenters. The van der Waals surface area contributed by atoms with Crippen LogP contribution in [0, 0.1) is 5.92 Å². The van der Waals surface area contributed by atoms with E-state index in [0.29, 0.717) is 12.1 Å². The highest BCUT2D eigenvalue weighted by molar-refractivity contribution is 5.38. The minimum absolute atomic E-state index is 0.469. The number of ether oxygens (including phenoxy) is 2. The third-order valence-corrected chi connectivity index (χ3v) is 5.91. The van der Waals surface area contributed by atoms with Crippen molar-refractivity contribution in [2.75, 3.05) is 27.3 Å². The lowest BCUT2D eigenvalue weighted by molar-refractivity contribution is 0.0112. The Morgan fingerprint density at radius 1 is 0.962 bits per heavy atom. The number of rotatable bonds is 6. The first-order valence-electron chi connectivity index (χ1n) is 9.53. The van der Waals surface area contributed by atoms with Crippen LogP contribution in [0.3, 0.4) is 0 Å². The number of fused-ring (bicyclic) bond motifs is 3. The summed E-state index contributed by atoms with van der Waals surface area (Å²) in [6, 6.07) is 18.0. The summed E-state index contributed by atoms with van der Waals surface area (Å²) < 4.78 is 10.8. The zero-order valence-electron chi connectivity index (χ0n) is 15.7. The van der Waals surface area contributed by atoms with Crippen molar-refractivity contribution < 1.29 is 9.47 Å². The molecule has 138 valence electrons. The number of hydrogen-bond donors (Lipinski definition) is 1. The highest BCUT2D eigenvalue weighted by atomic mass is 16.5. The second-order valence-electron chi connectivity index (χ2n) is 7.36. The van der Waals surface area contributed by atoms with E-state index in [1.807, 2.05) is 6.07 Å². The van der Waals surface area contributed by atoms with Crippen molar-refractivity contribution in [3.8, 4) is 11.5 Å². The molecule has 4 nitrogen and oxygen atoms in total. The highest BCUT2D eigenvalue weighted by Crippen LogP contribution is 2.41. The van der Waals surface area contributed by atoms with Gasteiger partial charge in [-0.05, 0) is 55.1 Å². The summed E-state index contributed by atoms with van der Waals surface area (Å²) in [4.78, 5) is 2.65. The number of hydrogen-bond acceptors (Lipinski definition) is 4. The fourth-order valence-corrected chi connectivity index (χ4v) is 4.59. The van der Waals surface area contributed by atoms with E-state index in [9.17, 15) is 0 Å². The SMILES string of the molecule is COc1cc(CNC2C3CCN(CC3)C2c2ccccc2)cc(OC)c1. The summed E-state index contributed by atoms with van der Waals surface area (Å²) in [6.07, 6.45) is 2.59. The molecule has 5 rings (SSSR count). The molecule has 26 heavy (non-hydrogen) atoms. The molecular weight excluding hydrogens is 324 g/mol. The van der Waals surface area contributed by atoms with Crippen molar-refractivity contribution in [2.45, 2.75) is 31.5 Å². The Labute approximate surface area is 156 Å². The van der Waals surface area contributed by atoms with Gasteiger partial charge in [0.1, 0.15) is 11.5 Å². The van der Waals surface area contributed by atoms with Gasteiger partial charge in [0.15, 0.2) is 0 Å². The van der Waals surface area contributed by atoms with Crippen molar-refractivity contribution in [2.24, 2.45) is 5.92 Å². The summed E-state index contributed by atoms with van der Waals surface area (Å²) in [5.74, 6) is 2.43. The van der Waals surface area contributed by atoms with Gasteiger partial charge in [0.2, 0.25) is 0 Å². The van der Waals surface area contributed by atoms with E-state index in [0.717, 1.165) is 24.0 Å². The summed E-state index contributed by atoms with van der Waals surface area (Å²) in [7, 11) is 3.40. The molecule has 3 aliphatic heterocycles. The molecule has 2 bridgehead atoms. The first kappa shape index (κ1) is 17.4. The minimum Gasteiger partial charge on any atom is -0.497 e. The second-order valence-corrected chi connectivity index (χ2v) is 7.36. The van der Waals surface area contributed by atoms with Crippen LogP contribution in [0.1, 0.15) is 30.0 Å². The lowest BCUT2D eigenvalue weighted by Gasteiger charge is -2.51. The molecule has 0 radical (unpaired) electrons. The molecule has 0 spiro atoms. The molecule has 3 heterocycles. The monoisotopic (exact) mass is 352 g/mol. The highest BCUT2D eigenvalue weighted by Gasteiger charge is 2.42. The van der Waals surface area contributed by atoms with Crippen molar-refractivity contribution in [1.29, 1.82) is 0 Å². The standard InChI is InChI=1S/C22H28N2O2/c1-25-19-12-16(13-20(14-19)26-2)15-23-21-17-8-10-24(11-9-17)22(21)18-6-4-3-5-7-18/h3-7,12-14,17,21-23H,8-11,15H2,1-2H3. The summed E-state index contributed by atoms with van der Waals surface area (Å²) in [6.45, 7) is 3.26. The largest absolute Gasteiger partial charge is 0.497 e. The van der Waals surface area contributed by atoms with E-state index in [1.165, 1.54) is 37.1 Å². The Kier molecular flexibility index (Phi) is 5.14. The van der Waals surface area contributed by atoms with Crippen molar-refractivity contribution >= 4 is 0 Å². The quantitative estimate of drug-likeness (QED) is 0.861. The number of piperidine rings is 3. The predicted molar refractivity (Wildman–Crippen MR) is 104 cm³/mol. The van der Waals surface area contributed by atoms with Gasteiger partial charge in [-0.2, -0.15) is 0 Å². The number of benzene rings is 2. The second kappa shape index (κ2) is 7.68. The predicted octanol–water partition coefficient (Wildman–Crippen LogP) is 3.63. The first-order chi connectivity index (χ1) is 12.8. The molecule has 2 aromatic carbocycles. The van der Waals surface area contributed by atoms with Crippen LogP contribution in [0.2, 0.25) is 0 Å². The van der Waals surface area contributed by atoms with E-state index >= 15 is 0 Å². The molecule has 1 N–H and O–H groups in total. The molecule has 0 aliphatic carbocycles. The van der Waals surface area contributed by atoms with Crippen LogP contribution in [-0.2, 0) is 6.54 Å². The smallest absolute Gasteiger partial charge is 0.122 e. The molecule has 0 aromatic heterocycles. The maximum atomic E-state index is 5.41. The maximum Gasteiger partial charge on any atom is 0.122 e. The van der Waals surface area contributed by atoms with E-state index in [-0.39, 0.29) is 0 Å². The fraction of sp³-hybridized carbons (Fsp3) is 0.455.